The molecule has 2 aliphatic rings. The highest BCUT2D eigenvalue weighted by Gasteiger charge is 2.51. The Balaban J connectivity index is 1.10. The SMILES string of the molecule is C=C/C=C(\CCn1c2ccccc2c2ccc3c(c21)Oc1ccccc1C31c2ccccc2-n2c3ccccc3c3cccc1c32)n1c2ccccc2c2ccccc21. The third-order valence-corrected chi connectivity index (χ3v) is 13.2. The van der Waals surface area contributed by atoms with Crippen molar-refractivity contribution in [3.05, 3.63) is 217 Å². The Bertz CT molecular complexity index is 3580. The fourth-order valence-electron chi connectivity index (χ4n) is 11.0. The fraction of sp³-hybridized carbons (Fsp3) is 0.0545. The van der Waals surface area contributed by atoms with Gasteiger partial charge in [-0.05, 0) is 53.6 Å². The summed E-state index contributed by atoms with van der Waals surface area (Å²) in [6.07, 6.45) is 4.88. The number of aromatic nitrogens is 3. The van der Waals surface area contributed by atoms with Crippen LogP contribution in [0.1, 0.15) is 28.7 Å². The van der Waals surface area contributed by atoms with Gasteiger partial charge in [-0.15, -0.1) is 0 Å². The van der Waals surface area contributed by atoms with E-state index < -0.39 is 5.41 Å². The van der Waals surface area contributed by atoms with Gasteiger partial charge >= 0.3 is 0 Å². The molecule has 0 bridgehead atoms. The number of aryl methyl sites for hydroxylation is 1. The van der Waals surface area contributed by atoms with Crippen molar-refractivity contribution >= 4 is 71.1 Å². The molecular weight excluding hydrogens is 719 g/mol. The summed E-state index contributed by atoms with van der Waals surface area (Å²) >= 11 is 0. The van der Waals surface area contributed by atoms with Gasteiger partial charge < -0.3 is 18.4 Å². The van der Waals surface area contributed by atoms with Crippen LogP contribution in [-0.2, 0) is 12.0 Å². The van der Waals surface area contributed by atoms with Crippen LogP contribution >= 0.6 is 0 Å². The minimum atomic E-state index is -0.642. The van der Waals surface area contributed by atoms with Crippen molar-refractivity contribution in [1.29, 1.82) is 0 Å². The van der Waals surface area contributed by atoms with E-state index >= 15 is 0 Å². The van der Waals surface area contributed by atoms with Crippen LogP contribution in [0.2, 0.25) is 0 Å². The predicted molar refractivity (Wildman–Crippen MR) is 244 cm³/mol. The van der Waals surface area contributed by atoms with E-state index in [1.165, 1.54) is 82.4 Å². The van der Waals surface area contributed by atoms with Crippen molar-refractivity contribution < 1.29 is 4.74 Å². The molecule has 1 spiro atoms. The topological polar surface area (TPSA) is 24.0 Å². The molecule has 13 rings (SSSR count). The molecule has 8 aromatic carbocycles. The Morgan fingerprint density at radius 2 is 1.05 bits per heavy atom. The minimum Gasteiger partial charge on any atom is -0.454 e. The summed E-state index contributed by atoms with van der Waals surface area (Å²) in [5.74, 6) is 1.80. The van der Waals surface area contributed by atoms with E-state index in [9.17, 15) is 0 Å². The summed E-state index contributed by atoms with van der Waals surface area (Å²) in [5.41, 5.74) is 13.8. The molecule has 0 fully saturated rings. The summed E-state index contributed by atoms with van der Waals surface area (Å²) < 4.78 is 14.8. The molecule has 0 amide bonds. The maximum Gasteiger partial charge on any atom is 0.156 e. The lowest BCUT2D eigenvalue weighted by atomic mass is 9.61. The van der Waals surface area contributed by atoms with Crippen LogP contribution < -0.4 is 4.74 Å². The molecule has 4 heteroatoms. The van der Waals surface area contributed by atoms with Crippen molar-refractivity contribution in [3.63, 3.8) is 0 Å². The molecule has 0 N–H and O–H groups in total. The number of fused-ring (bicyclic) bond motifs is 18. The van der Waals surface area contributed by atoms with Crippen molar-refractivity contribution in [2.45, 2.75) is 18.4 Å². The highest BCUT2D eigenvalue weighted by molar-refractivity contribution is 6.14. The monoisotopic (exact) mass is 755 g/mol. The Morgan fingerprint density at radius 1 is 0.492 bits per heavy atom. The van der Waals surface area contributed by atoms with Gasteiger partial charge in [0.15, 0.2) is 5.75 Å². The van der Waals surface area contributed by atoms with Crippen molar-refractivity contribution in [3.8, 4) is 17.2 Å². The molecule has 4 nitrogen and oxygen atoms in total. The largest absolute Gasteiger partial charge is 0.454 e. The summed E-state index contributed by atoms with van der Waals surface area (Å²) in [5, 5.41) is 7.44. The van der Waals surface area contributed by atoms with Gasteiger partial charge in [-0.1, -0.05) is 152 Å². The zero-order valence-electron chi connectivity index (χ0n) is 32.3. The predicted octanol–water partition coefficient (Wildman–Crippen LogP) is 13.9. The highest BCUT2D eigenvalue weighted by Crippen LogP contribution is 2.61. The summed E-state index contributed by atoms with van der Waals surface area (Å²) in [6.45, 7) is 4.92. The third kappa shape index (κ3) is 4.12. The Hall–Kier alpha value is -7.56. The molecule has 278 valence electrons. The fourth-order valence-corrected chi connectivity index (χ4v) is 11.0. The third-order valence-electron chi connectivity index (χ3n) is 13.2. The van der Waals surface area contributed by atoms with Gasteiger partial charge in [0, 0.05) is 67.6 Å². The summed E-state index contributed by atoms with van der Waals surface area (Å²) in [6, 6.07) is 64.5. The quantitative estimate of drug-likeness (QED) is 0.161. The van der Waals surface area contributed by atoms with Gasteiger partial charge in [0.1, 0.15) is 5.75 Å². The first-order chi connectivity index (χ1) is 29.3. The van der Waals surface area contributed by atoms with Gasteiger partial charge in [0.25, 0.3) is 0 Å². The smallest absolute Gasteiger partial charge is 0.156 e. The second-order valence-electron chi connectivity index (χ2n) is 15.9. The van der Waals surface area contributed by atoms with E-state index in [0.29, 0.717) is 0 Å². The van der Waals surface area contributed by atoms with Crippen LogP contribution in [0.15, 0.2) is 195 Å². The Morgan fingerprint density at radius 3 is 1.80 bits per heavy atom. The first-order valence-corrected chi connectivity index (χ1v) is 20.5. The minimum absolute atomic E-state index is 0.642. The normalized spacial score (nSPS) is 15.6. The van der Waals surface area contributed by atoms with Gasteiger partial charge in [-0.3, -0.25) is 0 Å². The van der Waals surface area contributed by atoms with Crippen LogP contribution in [-0.4, -0.2) is 13.7 Å². The molecule has 0 radical (unpaired) electrons. The van der Waals surface area contributed by atoms with Crippen molar-refractivity contribution in [2.75, 3.05) is 0 Å². The molecule has 0 saturated heterocycles. The number of ether oxygens (including phenoxy) is 1. The second-order valence-corrected chi connectivity index (χ2v) is 15.9. The van der Waals surface area contributed by atoms with Crippen molar-refractivity contribution in [1.82, 2.24) is 13.7 Å². The molecule has 1 atom stereocenters. The molecule has 0 saturated carbocycles. The van der Waals surface area contributed by atoms with E-state index in [1.54, 1.807) is 0 Å². The molecule has 0 aliphatic carbocycles. The molecule has 5 heterocycles. The zero-order valence-corrected chi connectivity index (χ0v) is 32.3. The van der Waals surface area contributed by atoms with Crippen LogP contribution in [0.5, 0.6) is 11.5 Å². The van der Waals surface area contributed by atoms with E-state index in [0.717, 1.165) is 41.1 Å². The van der Waals surface area contributed by atoms with E-state index in [1.807, 2.05) is 6.08 Å². The first kappa shape index (κ1) is 32.5. The lowest BCUT2D eigenvalue weighted by Gasteiger charge is -2.45. The molecule has 2 aliphatic heterocycles. The summed E-state index contributed by atoms with van der Waals surface area (Å²) in [4.78, 5) is 0. The Labute approximate surface area is 340 Å². The first-order valence-electron chi connectivity index (χ1n) is 20.5. The van der Waals surface area contributed by atoms with Crippen molar-refractivity contribution in [2.24, 2.45) is 0 Å². The number of nitrogens with zero attached hydrogens (tertiary/aromatic N) is 3. The second kappa shape index (κ2) is 12.0. The zero-order chi connectivity index (χ0) is 38.8. The molecule has 11 aromatic rings. The van der Waals surface area contributed by atoms with Gasteiger partial charge in [0.05, 0.1) is 38.7 Å². The van der Waals surface area contributed by atoms with E-state index in [-0.39, 0.29) is 0 Å². The lowest BCUT2D eigenvalue weighted by molar-refractivity contribution is 0.436. The molecular formula is C55H37N3O. The van der Waals surface area contributed by atoms with Crippen LogP contribution in [0.4, 0.5) is 0 Å². The van der Waals surface area contributed by atoms with Gasteiger partial charge in [-0.25, -0.2) is 0 Å². The van der Waals surface area contributed by atoms with Crippen LogP contribution in [0.3, 0.4) is 0 Å². The Kier molecular flexibility index (Phi) is 6.60. The van der Waals surface area contributed by atoms with Gasteiger partial charge in [0.2, 0.25) is 0 Å². The number of rotatable bonds is 5. The van der Waals surface area contributed by atoms with Crippen LogP contribution in [0, 0.1) is 0 Å². The standard InChI is InChI=1S/C55H37N3O/c1-2-16-35(57-47-26-10-4-17-36(47)37-18-5-11-27-48(37)57)33-34-56-46-25-9-3-19-38(46)41-31-32-45-54(53(41)56)59-51-30-14-8-23-43(51)55(45)42-22-7-13-29-50(42)58-49-28-12-6-20-39(49)40-21-15-24-44(55)52(40)58/h2-32H,1,33-34H2/b35-16+. The molecule has 1 unspecified atom stereocenters. The molecule has 3 aromatic heterocycles. The number of para-hydroxylation sites is 7. The number of hydrogen-bond acceptors (Lipinski definition) is 1. The average Bonchev–Trinajstić information content (AvgIpc) is 3.93. The maximum atomic E-state index is 7.32. The van der Waals surface area contributed by atoms with Gasteiger partial charge in [-0.2, -0.15) is 0 Å². The molecule has 59 heavy (non-hydrogen) atoms. The van der Waals surface area contributed by atoms with E-state index in [4.69, 9.17) is 4.74 Å². The summed E-state index contributed by atoms with van der Waals surface area (Å²) in [7, 11) is 0. The number of allylic oxidation sites excluding steroid dienone is 3. The lowest BCUT2D eigenvalue weighted by Crippen LogP contribution is -2.37. The maximum absolute atomic E-state index is 7.32. The van der Waals surface area contributed by atoms with E-state index in [2.05, 4.69) is 202 Å². The average molecular weight is 756 g/mol. The highest BCUT2D eigenvalue weighted by atomic mass is 16.5. The number of benzene rings is 8. The number of hydrogen-bond donors (Lipinski definition) is 0. The van der Waals surface area contributed by atoms with Crippen LogP contribution in [0.25, 0.3) is 76.8 Å².